The van der Waals surface area contributed by atoms with Crippen LogP contribution in [0.3, 0.4) is 0 Å². The number of likely N-dealkylation sites (tertiary alicyclic amines) is 1. The topological polar surface area (TPSA) is 65.8 Å². The lowest BCUT2D eigenvalue weighted by Gasteiger charge is -2.32. The molecule has 1 fully saturated rings. The minimum atomic E-state index is 0. The Hall–Kier alpha value is -2.10. The molecule has 0 saturated carbocycles. The molecule has 30 heavy (non-hydrogen) atoms. The minimum Gasteiger partial charge on any atom is -0.347 e. The van der Waals surface area contributed by atoms with Crippen LogP contribution in [0.15, 0.2) is 47.7 Å². The summed E-state index contributed by atoms with van der Waals surface area (Å²) in [6.07, 6.45) is 7.06. The molecule has 1 aromatic heterocycles. The SMILES string of the molecule is CN=C(NCC(=O)N1CCC(Cc2ccccc2)CC1)N(C)Cc1cnn(C)c1.I. The summed E-state index contributed by atoms with van der Waals surface area (Å²) in [4.78, 5) is 20.9. The van der Waals surface area contributed by atoms with Crippen LogP contribution in [-0.4, -0.2) is 65.2 Å². The molecule has 2 heterocycles. The number of nitrogens with one attached hydrogen (secondary N) is 1. The van der Waals surface area contributed by atoms with E-state index in [2.05, 4.69) is 45.7 Å². The van der Waals surface area contributed by atoms with Crippen LogP contribution in [0.2, 0.25) is 0 Å². The molecule has 0 radical (unpaired) electrons. The van der Waals surface area contributed by atoms with E-state index in [9.17, 15) is 4.79 Å². The minimum absolute atomic E-state index is 0. The number of amides is 1. The van der Waals surface area contributed by atoms with E-state index in [1.165, 1.54) is 5.56 Å². The lowest BCUT2D eigenvalue weighted by Crippen LogP contribution is -2.47. The third-order valence-corrected chi connectivity index (χ3v) is 5.48. The average Bonchev–Trinajstić information content (AvgIpc) is 3.14. The predicted molar refractivity (Wildman–Crippen MR) is 131 cm³/mol. The van der Waals surface area contributed by atoms with Crippen molar-refractivity contribution in [3.63, 3.8) is 0 Å². The molecule has 1 saturated heterocycles. The van der Waals surface area contributed by atoms with Gasteiger partial charge in [0, 0.05) is 52.5 Å². The van der Waals surface area contributed by atoms with Crippen molar-refractivity contribution in [2.45, 2.75) is 25.8 Å². The molecule has 3 rings (SSSR count). The number of hydrogen-bond acceptors (Lipinski definition) is 3. The zero-order valence-electron chi connectivity index (χ0n) is 18.1. The largest absolute Gasteiger partial charge is 0.347 e. The molecular formula is C22H33IN6O. The number of piperidine rings is 1. The molecule has 7 nitrogen and oxygen atoms in total. The lowest BCUT2D eigenvalue weighted by molar-refractivity contribution is -0.131. The lowest BCUT2D eigenvalue weighted by atomic mass is 9.90. The fourth-order valence-electron chi connectivity index (χ4n) is 3.89. The molecule has 1 aliphatic rings. The van der Waals surface area contributed by atoms with E-state index in [0.29, 0.717) is 18.4 Å². The van der Waals surface area contributed by atoms with Crippen molar-refractivity contribution < 1.29 is 4.79 Å². The first-order valence-electron chi connectivity index (χ1n) is 10.3. The number of aryl methyl sites for hydroxylation is 1. The van der Waals surface area contributed by atoms with E-state index in [0.717, 1.165) is 37.9 Å². The predicted octanol–water partition coefficient (Wildman–Crippen LogP) is 2.53. The number of carbonyl (C=O) groups excluding carboxylic acids is 1. The Morgan fingerprint density at radius 3 is 2.53 bits per heavy atom. The number of benzene rings is 1. The summed E-state index contributed by atoms with van der Waals surface area (Å²) in [5, 5.41) is 7.39. The maximum absolute atomic E-state index is 12.6. The molecule has 164 valence electrons. The summed E-state index contributed by atoms with van der Waals surface area (Å²) >= 11 is 0. The van der Waals surface area contributed by atoms with Crippen LogP contribution in [0.1, 0.15) is 24.0 Å². The highest BCUT2D eigenvalue weighted by Crippen LogP contribution is 2.21. The highest BCUT2D eigenvalue weighted by atomic mass is 127. The van der Waals surface area contributed by atoms with Gasteiger partial charge < -0.3 is 15.1 Å². The van der Waals surface area contributed by atoms with Crippen molar-refractivity contribution in [2.75, 3.05) is 33.7 Å². The third-order valence-electron chi connectivity index (χ3n) is 5.48. The van der Waals surface area contributed by atoms with Gasteiger partial charge in [0.25, 0.3) is 0 Å². The van der Waals surface area contributed by atoms with Crippen LogP contribution >= 0.6 is 24.0 Å². The van der Waals surface area contributed by atoms with Crippen LogP contribution in [0.5, 0.6) is 0 Å². The van der Waals surface area contributed by atoms with E-state index < -0.39 is 0 Å². The molecular weight excluding hydrogens is 491 g/mol. The second-order valence-corrected chi connectivity index (χ2v) is 7.79. The number of guanidine groups is 1. The molecule has 8 heteroatoms. The van der Waals surface area contributed by atoms with Crippen LogP contribution in [-0.2, 0) is 24.8 Å². The van der Waals surface area contributed by atoms with Gasteiger partial charge in [-0.3, -0.25) is 14.5 Å². The number of rotatable bonds is 6. The molecule has 1 N–H and O–H groups in total. The fourth-order valence-corrected chi connectivity index (χ4v) is 3.89. The van der Waals surface area contributed by atoms with E-state index in [1.54, 1.807) is 11.7 Å². The number of carbonyl (C=O) groups is 1. The smallest absolute Gasteiger partial charge is 0.241 e. The molecule has 0 unspecified atom stereocenters. The summed E-state index contributed by atoms with van der Waals surface area (Å²) < 4.78 is 1.78. The van der Waals surface area contributed by atoms with E-state index >= 15 is 0 Å². The van der Waals surface area contributed by atoms with E-state index in [-0.39, 0.29) is 36.4 Å². The zero-order chi connectivity index (χ0) is 20.6. The fraction of sp³-hybridized carbons (Fsp3) is 0.500. The third kappa shape index (κ3) is 7.00. The first-order valence-corrected chi connectivity index (χ1v) is 10.3. The van der Waals surface area contributed by atoms with Gasteiger partial charge in [-0.05, 0) is 30.7 Å². The van der Waals surface area contributed by atoms with Gasteiger partial charge in [0.2, 0.25) is 5.91 Å². The molecule has 0 aliphatic carbocycles. The molecule has 0 atom stereocenters. The first kappa shape index (κ1) is 24.2. The van der Waals surface area contributed by atoms with E-state index in [4.69, 9.17) is 0 Å². The Morgan fingerprint density at radius 2 is 1.93 bits per heavy atom. The Morgan fingerprint density at radius 1 is 1.23 bits per heavy atom. The van der Waals surface area contributed by atoms with Gasteiger partial charge in [-0.15, -0.1) is 24.0 Å². The van der Waals surface area contributed by atoms with Crippen LogP contribution in [0.4, 0.5) is 0 Å². The van der Waals surface area contributed by atoms with Gasteiger partial charge in [0.1, 0.15) is 0 Å². The van der Waals surface area contributed by atoms with Crippen LogP contribution in [0.25, 0.3) is 0 Å². The number of aromatic nitrogens is 2. The summed E-state index contributed by atoms with van der Waals surface area (Å²) in [5.41, 5.74) is 2.49. The summed E-state index contributed by atoms with van der Waals surface area (Å²) in [6, 6.07) is 10.6. The molecule has 1 amide bonds. The van der Waals surface area contributed by atoms with Crippen LogP contribution < -0.4 is 5.32 Å². The highest BCUT2D eigenvalue weighted by molar-refractivity contribution is 14.0. The van der Waals surface area contributed by atoms with Gasteiger partial charge in [-0.1, -0.05) is 30.3 Å². The Labute approximate surface area is 196 Å². The summed E-state index contributed by atoms with van der Waals surface area (Å²) in [7, 11) is 5.60. The Kier molecular flexibility index (Phi) is 9.61. The second kappa shape index (κ2) is 11.9. The van der Waals surface area contributed by atoms with Gasteiger partial charge in [-0.25, -0.2) is 0 Å². The molecule has 0 bridgehead atoms. The Balaban J connectivity index is 0.00000320. The molecule has 1 aromatic carbocycles. The molecule has 0 spiro atoms. The molecule has 1 aliphatic heterocycles. The van der Waals surface area contributed by atoms with Crippen molar-refractivity contribution in [3.05, 3.63) is 53.9 Å². The Bertz CT molecular complexity index is 814. The monoisotopic (exact) mass is 524 g/mol. The maximum atomic E-state index is 12.6. The highest BCUT2D eigenvalue weighted by Gasteiger charge is 2.23. The maximum Gasteiger partial charge on any atom is 0.241 e. The normalized spacial score (nSPS) is 14.9. The van der Waals surface area contributed by atoms with E-state index in [1.807, 2.05) is 36.3 Å². The summed E-state index contributed by atoms with van der Waals surface area (Å²) in [5.74, 6) is 1.51. The van der Waals surface area contributed by atoms with Gasteiger partial charge >= 0.3 is 0 Å². The van der Waals surface area contributed by atoms with Gasteiger partial charge in [-0.2, -0.15) is 5.10 Å². The van der Waals surface area contributed by atoms with Gasteiger partial charge in [0.05, 0.1) is 12.7 Å². The molecule has 2 aromatic rings. The van der Waals surface area contributed by atoms with Crippen LogP contribution in [0, 0.1) is 5.92 Å². The van der Waals surface area contributed by atoms with Crippen molar-refractivity contribution in [2.24, 2.45) is 18.0 Å². The van der Waals surface area contributed by atoms with Crippen molar-refractivity contribution in [3.8, 4) is 0 Å². The summed E-state index contributed by atoms with van der Waals surface area (Å²) in [6.45, 7) is 2.63. The van der Waals surface area contributed by atoms with Gasteiger partial charge in [0.15, 0.2) is 5.96 Å². The van der Waals surface area contributed by atoms with Crippen molar-refractivity contribution in [1.82, 2.24) is 24.9 Å². The second-order valence-electron chi connectivity index (χ2n) is 7.79. The quantitative estimate of drug-likeness (QED) is 0.359. The van der Waals surface area contributed by atoms with Crippen molar-refractivity contribution in [1.29, 1.82) is 0 Å². The zero-order valence-corrected chi connectivity index (χ0v) is 20.5. The number of halogens is 1. The first-order chi connectivity index (χ1) is 14.0. The number of hydrogen-bond donors (Lipinski definition) is 1. The van der Waals surface area contributed by atoms with Crippen molar-refractivity contribution >= 4 is 35.8 Å². The number of aliphatic imine (C=N–C) groups is 1. The average molecular weight is 524 g/mol. The number of nitrogens with zero attached hydrogens (tertiary/aromatic N) is 5. The standard InChI is InChI=1S/C22H32N6O.HI/c1-23-22(26(2)16-20-14-25-27(3)17-20)24-15-21(29)28-11-9-19(10-12-28)13-18-7-5-4-6-8-18;/h4-8,14,17,19H,9-13,15-16H2,1-3H3,(H,23,24);1H.